The highest BCUT2D eigenvalue weighted by Gasteiger charge is 2.17. The second-order valence-electron chi connectivity index (χ2n) is 6.69. The van der Waals surface area contributed by atoms with Crippen LogP contribution in [0.15, 0.2) is 57.0 Å². The lowest BCUT2D eigenvalue weighted by Crippen LogP contribution is -2.15. The minimum atomic E-state index is -0.738. The molecule has 0 atom stereocenters. The molecule has 3 aromatic rings. The number of thioether (sulfide) groups is 1. The maximum Gasteiger partial charge on any atom is 0.434 e. The van der Waals surface area contributed by atoms with E-state index in [4.69, 9.17) is 19.0 Å². The molecular formula is C23H24N4O5S. The topological polar surface area (TPSA) is 119 Å². The number of methoxy groups -OCH3 is 1. The molecule has 0 unspecified atom stereocenters. The van der Waals surface area contributed by atoms with Gasteiger partial charge in [0.05, 0.1) is 26.0 Å². The number of aliphatic imine (C=N–C) groups is 2. The van der Waals surface area contributed by atoms with Crippen LogP contribution in [0.1, 0.15) is 23.9 Å². The number of benzene rings is 2. The molecule has 0 spiro atoms. The van der Waals surface area contributed by atoms with E-state index in [-0.39, 0.29) is 6.61 Å². The normalized spacial score (nSPS) is 12.0. The summed E-state index contributed by atoms with van der Waals surface area (Å²) in [6.07, 6.45) is 1.05. The van der Waals surface area contributed by atoms with Crippen LogP contribution in [-0.2, 0) is 11.3 Å². The van der Waals surface area contributed by atoms with Gasteiger partial charge in [-0.25, -0.2) is 9.79 Å². The molecule has 2 aromatic carbocycles. The van der Waals surface area contributed by atoms with Crippen molar-refractivity contribution in [3.63, 3.8) is 0 Å². The number of carbonyl (C=O) groups is 1. The highest BCUT2D eigenvalue weighted by atomic mass is 32.2. The SMILES string of the molecule is CCOc1cc(CO)cc(C(=N/c2ccc(-c3noc(C)n3)cc2)/C(=N/C(=O)OC)SC)c1. The van der Waals surface area contributed by atoms with Crippen LogP contribution in [0.4, 0.5) is 10.5 Å². The van der Waals surface area contributed by atoms with E-state index in [2.05, 4.69) is 15.1 Å². The van der Waals surface area contributed by atoms with Crippen molar-refractivity contribution in [3.8, 4) is 17.1 Å². The van der Waals surface area contributed by atoms with Gasteiger partial charge in [-0.1, -0.05) is 5.16 Å². The zero-order chi connectivity index (χ0) is 23.8. The molecule has 0 fully saturated rings. The molecule has 0 aliphatic rings. The van der Waals surface area contributed by atoms with Crippen molar-refractivity contribution in [1.29, 1.82) is 0 Å². The molecule has 0 saturated carbocycles. The molecule has 172 valence electrons. The number of amides is 1. The molecule has 10 heteroatoms. The number of hydrogen-bond acceptors (Lipinski definition) is 9. The fourth-order valence-electron chi connectivity index (χ4n) is 2.93. The number of aliphatic hydroxyl groups is 1. The van der Waals surface area contributed by atoms with E-state index in [9.17, 15) is 9.90 Å². The molecule has 0 aliphatic carbocycles. The second kappa shape index (κ2) is 11.4. The molecule has 1 N–H and O–H groups in total. The minimum Gasteiger partial charge on any atom is -0.494 e. The van der Waals surface area contributed by atoms with Gasteiger partial charge in [-0.05, 0) is 61.2 Å². The first-order valence-corrected chi connectivity index (χ1v) is 11.3. The largest absolute Gasteiger partial charge is 0.494 e. The fourth-order valence-corrected chi connectivity index (χ4v) is 3.45. The lowest BCUT2D eigenvalue weighted by atomic mass is 10.1. The summed E-state index contributed by atoms with van der Waals surface area (Å²) in [5, 5.41) is 14.0. The van der Waals surface area contributed by atoms with Gasteiger partial charge in [0.2, 0.25) is 11.7 Å². The van der Waals surface area contributed by atoms with E-state index in [1.165, 1.54) is 18.9 Å². The van der Waals surface area contributed by atoms with Crippen LogP contribution < -0.4 is 4.74 Å². The molecule has 3 rings (SSSR count). The summed E-state index contributed by atoms with van der Waals surface area (Å²) >= 11 is 1.25. The van der Waals surface area contributed by atoms with Gasteiger partial charge in [0, 0.05) is 18.1 Å². The predicted molar refractivity (Wildman–Crippen MR) is 128 cm³/mol. The third kappa shape index (κ3) is 6.27. The fraction of sp³-hybridized carbons (Fsp3) is 0.261. The van der Waals surface area contributed by atoms with E-state index in [1.54, 1.807) is 43.5 Å². The molecule has 0 aliphatic heterocycles. The molecule has 9 nitrogen and oxygen atoms in total. The van der Waals surface area contributed by atoms with Crippen LogP contribution in [0.2, 0.25) is 0 Å². The number of ether oxygens (including phenoxy) is 2. The first-order chi connectivity index (χ1) is 16.0. The number of aromatic nitrogens is 2. The van der Waals surface area contributed by atoms with E-state index >= 15 is 0 Å². The number of rotatable bonds is 7. The Hall–Kier alpha value is -3.50. The van der Waals surface area contributed by atoms with Crippen LogP contribution >= 0.6 is 11.8 Å². The molecule has 1 aromatic heterocycles. The van der Waals surface area contributed by atoms with Gasteiger partial charge >= 0.3 is 6.09 Å². The van der Waals surface area contributed by atoms with Crippen molar-refractivity contribution >= 4 is 34.3 Å². The van der Waals surface area contributed by atoms with Gasteiger partial charge in [0.15, 0.2) is 0 Å². The lowest BCUT2D eigenvalue weighted by Gasteiger charge is -2.12. The molecule has 0 saturated heterocycles. The Morgan fingerprint density at radius 3 is 2.55 bits per heavy atom. The molecule has 33 heavy (non-hydrogen) atoms. The van der Waals surface area contributed by atoms with Crippen LogP contribution in [-0.4, -0.2) is 52.1 Å². The summed E-state index contributed by atoms with van der Waals surface area (Å²) in [5.41, 5.74) is 3.12. The summed E-state index contributed by atoms with van der Waals surface area (Å²) < 4.78 is 15.4. The average molecular weight is 469 g/mol. The Morgan fingerprint density at radius 1 is 1.21 bits per heavy atom. The van der Waals surface area contributed by atoms with Gasteiger partial charge in [0.25, 0.3) is 0 Å². The number of carbonyl (C=O) groups excluding carboxylic acids is 1. The first kappa shape index (κ1) is 24.1. The van der Waals surface area contributed by atoms with Crippen molar-refractivity contribution in [2.45, 2.75) is 20.5 Å². The van der Waals surface area contributed by atoms with Crippen molar-refractivity contribution in [3.05, 3.63) is 59.5 Å². The van der Waals surface area contributed by atoms with Crippen molar-refractivity contribution in [2.24, 2.45) is 9.98 Å². The maximum absolute atomic E-state index is 11.9. The Morgan fingerprint density at radius 2 is 1.97 bits per heavy atom. The van der Waals surface area contributed by atoms with Gasteiger partial charge in [-0.15, -0.1) is 11.8 Å². The number of aliphatic hydroxyl groups excluding tert-OH is 1. The van der Waals surface area contributed by atoms with E-state index in [1.807, 2.05) is 19.1 Å². The number of nitrogens with zero attached hydrogens (tertiary/aromatic N) is 4. The summed E-state index contributed by atoms with van der Waals surface area (Å²) in [5.74, 6) is 1.54. The summed E-state index contributed by atoms with van der Waals surface area (Å²) in [6.45, 7) is 3.88. The van der Waals surface area contributed by atoms with E-state index in [0.29, 0.717) is 51.6 Å². The quantitative estimate of drug-likeness (QED) is 0.395. The Kier molecular flexibility index (Phi) is 8.34. The monoisotopic (exact) mass is 468 g/mol. The zero-order valence-electron chi connectivity index (χ0n) is 18.7. The van der Waals surface area contributed by atoms with Crippen molar-refractivity contribution < 1.29 is 23.9 Å². The van der Waals surface area contributed by atoms with Gasteiger partial charge in [-0.2, -0.15) is 9.98 Å². The molecule has 1 amide bonds. The Labute approximate surface area is 195 Å². The molecule has 0 bridgehead atoms. The number of aryl methyl sites for hydroxylation is 1. The van der Waals surface area contributed by atoms with Crippen LogP contribution in [0, 0.1) is 6.92 Å². The molecule has 1 heterocycles. The minimum absolute atomic E-state index is 0.178. The first-order valence-electron chi connectivity index (χ1n) is 10.1. The third-order valence-electron chi connectivity index (χ3n) is 4.39. The zero-order valence-corrected chi connectivity index (χ0v) is 19.5. The van der Waals surface area contributed by atoms with Crippen molar-refractivity contribution in [2.75, 3.05) is 20.0 Å². The highest BCUT2D eigenvalue weighted by Crippen LogP contribution is 2.25. The van der Waals surface area contributed by atoms with Gasteiger partial charge in [0.1, 0.15) is 16.5 Å². The summed E-state index contributed by atoms with van der Waals surface area (Å²) in [7, 11) is 1.26. The van der Waals surface area contributed by atoms with Gasteiger partial charge in [-0.3, -0.25) is 0 Å². The van der Waals surface area contributed by atoms with Crippen molar-refractivity contribution in [1.82, 2.24) is 10.1 Å². The third-order valence-corrected chi connectivity index (χ3v) is 5.06. The Balaban J connectivity index is 2.11. The Bertz CT molecular complexity index is 1170. The number of hydrogen-bond donors (Lipinski definition) is 1. The highest BCUT2D eigenvalue weighted by molar-refractivity contribution is 8.15. The molecule has 0 radical (unpaired) electrons. The van der Waals surface area contributed by atoms with Crippen LogP contribution in [0.5, 0.6) is 5.75 Å². The standard InChI is InChI=1S/C23H24N4O5S/c1-5-31-19-11-15(13-28)10-17(12-19)20(22(33-4)26-23(29)30-3)25-18-8-6-16(7-9-18)21-24-14(2)32-27-21/h6-12,28H,5,13H2,1-4H3/b25-20-,26-22-. The predicted octanol–water partition coefficient (Wildman–Crippen LogP) is 4.58. The molecular weight excluding hydrogens is 444 g/mol. The second-order valence-corrected chi connectivity index (χ2v) is 7.49. The van der Waals surface area contributed by atoms with Gasteiger partial charge < -0.3 is 19.1 Å². The average Bonchev–Trinajstić information content (AvgIpc) is 3.27. The van der Waals surface area contributed by atoms with E-state index < -0.39 is 6.09 Å². The summed E-state index contributed by atoms with van der Waals surface area (Å²) in [6, 6.07) is 12.6. The smallest absolute Gasteiger partial charge is 0.434 e. The summed E-state index contributed by atoms with van der Waals surface area (Å²) in [4.78, 5) is 24.9. The lowest BCUT2D eigenvalue weighted by molar-refractivity contribution is 0.183. The maximum atomic E-state index is 11.9. The van der Waals surface area contributed by atoms with Crippen LogP contribution in [0.3, 0.4) is 0 Å². The van der Waals surface area contributed by atoms with E-state index in [0.717, 1.165) is 5.56 Å². The van der Waals surface area contributed by atoms with Crippen LogP contribution in [0.25, 0.3) is 11.4 Å².